The Morgan fingerprint density at radius 3 is 2.56 bits per heavy atom. The van der Waals surface area contributed by atoms with Crippen molar-refractivity contribution in [3.05, 3.63) is 63.7 Å². The molecule has 0 heterocycles. The van der Waals surface area contributed by atoms with E-state index in [1.54, 1.807) is 0 Å². The van der Waals surface area contributed by atoms with Gasteiger partial charge in [0.15, 0.2) is 0 Å². The minimum atomic E-state index is -1.30. The maximum atomic E-state index is 11.4. The summed E-state index contributed by atoms with van der Waals surface area (Å²) in [6.07, 6.45) is 0. The zero-order chi connectivity index (χ0) is 18.2. The van der Waals surface area contributed by atoms with E-state index in [9.17, 15) is 20.0 Å². The maximum absolute atomic E-state index is 11.4. The lowest BCUT2D eigenvalue weighted by atomic mass is 10.1. The van der Waals surface area contributed by atoms with Crippen LogP contribution in [-0.2, 0) is 11.3 Å². The molecule has 0 radical (unpaired) electrons. The molecule has 0 unspecified atom stereocenters. The van der Waals surface area contributed by atoms with Crippen LogP contribution in [0.3, 0.4) is 0 Å². The lowest BCUT2D eigenvalue weighted by Crippen LogP contribution is -2.10. The normalized spacial score (nSPS) is 10.3. The van der Waals surface area contributed by atoms with E-state index < -0.39 is 10.9 Å². The van der Waals surface area contributed by atoms with Gasteiger partial charge >= 0.3 is 5.97 Å². The van der Waals surface area contributed by atoms with Crippen LogP contribution in [0.5, 0.6) is 5.75 Å². The molecule has 0 aliphatic heterocycles. The average Bonchev–Trinajstić information content (AvgIpc) is 2.60. The van der Waals surface area contributed by atoms with Crippen LogP contribution in [0.2, 0.25) is 0 Å². The third-order valence-corrected chi connectivity index (χ3v) is 3.40. The molecule has 25 heavy (non-hydrogen) atoms. The van der Waals surface area contributed by atoms with Gasteiger partial charge < -0.3 is 19.9 Å². The number of nitrogens with zero attached hydrogens (tertiary/aromatic N) is 1. The van der Waals surface area contributed by atoms with Gasteiger partial charge in [0.2, 0.25) is 0 Å². The van der Waals surface area contributed by atoms with Crippen molar-refractivity contribution < 1.29 is 24.3 Å². The summed E-state index contributed by atoms with van der Waals surface area (Å²) >= 11 is 0. The van der Waals surface area contributed by atoms with Gasteiger partial charge in [0.1, 0.15) is 23.6 Å². The number of methoxy groups -OCH3 is 1. The summed E-state index contributed by atoms with van der Waals surface area (Å²) in [6.45, 7) is 0.751. The van der Waals surface area contributed by atoms with Gasteiger partial charge in [0.05, 0.1) is 11.5 Å². The van der Waals surface area contributed by atoms with Crippen LogP contribution < -0.4 is 10.1 Å². The predicted octanol–water partition coefficient (Wildman–Crippen LogP) is 2.93. The summed E-state index contributed by atoms with van der Waals surface area (Å²) in [5.41, 5.74) is 0.521. The Hall–Kier alpha value is -3.13. The highest BCUT2D eigenvalue weighted by Crippen LogP contribution is 2.33. The quantitative estimate of drug-likeness (QED) is 0.408. The van der Waals surface area contributed by atoms with E-state index >= 15 is 0 Å². The van der Waals surface area contributed by atoms with E-state index in [0.717, 1.165) is 11.6 Å². The van der Waals surface area contributed by atoms with Crippen molar-refractivity contribution in [2.45, 2.75) is 6.54 Å². The minimum absolute atomic E-state index is 0.0470. The highest BCUT2D eigenvalue weighted by atomic mass is 16.6. The molecule has 2 rings (SSSR count). The molecule has 2 N–H and O–H groups in total. The molecule has 0 aliphatic carbocycles. The Bertz CT molecular complexity index is 748. The molecule has 0 saturated carbocycles. The number of ether oxygens (including phenoxy) is 2. The summed E-state index contributed by atoms with van der Waals surface area (Å²) in [6, 6.07) is 11.7. The van der Waals surface area contributed by atoms with Crippen LogP contribution in [0, 0.1) is 10.1 Å². The van der Waals surface area contributed by atoms with Crippen LogP contribution in [-0.4, -0.2) is 36.3 Å². The van der Waals surface area contributed by atoms with E-state index in [0.29, 0.717) is 6.54 Å². The minimum Gasteiger partial charge on any atom is -0.490 e. The number of hydrogen-bond acceptors (Lipinski definition) is 6. The molecular formula is C17H18N2O6. The highest BCUT2D eigenvalue weighted by Gasteiger charge is 2.22. The summed E-state index contributed by atoms with van der Waals surface area (Å²) in [4.78, 5) is 22.0. The number of nitro benzene ring substituents is 1. The maximum Gasteiger partial charge on any atom is 0.339 e. The van der Waals surface area contributed by atoms with E-state index in [2.05, 4.69) is 5.32 Å². The first kappa shape index (κ1) is 18.2. The van der Waals surface area contributed by atoms with Crippen molar-refractivity contribution in [1.29, 1.82) is 0 Å². The van der Waals surface area contributed by atoms with Gasteiger partial charge in [-0.1, -0.05) is 30.3 Å². The summed E-state index contributed by atoms with van der Waals surface area (Å²) in [5, 5.41) is 23.5. The Morgan fingerprint density at radius 1 is 1.24 bits per heavy atom. The van der Waals surface area contributed by atoms with Gasteiger partial charge in [0.25, 0.3) is 5.69 Å². The number of rotatable bonds is 9. The number of nitro groups is 1. The molecule has 2 aromatic rings. The molecule has 0 bridgehead atoms. The number of benzene rings is 2. The number of hydrogen-bond donors (Lipinski definition) is 2. The lowest BCUT2D eigenvalue weighted by molar-refractivity contribution is -0.384. The second kappa shape index (κ2) is 8.65. The van der Waals surface area contributed by atoms with Gasteiger partial charge in [-0.25, -0.2) is 4.79 Å². The standard InChI is InChI=1S/C17H18N2O6/c1-24-7-8-25-16-10-14(18-11-12-5-3-2-4-6-12)15(19(22)23)9-13(16)17(20)21/h2-6,9-10,18H,7-8,11H2,1H3,(H,20,21). The fourth-order valence-electron chi connectivity index (χ4n) is 2.18. The van der Waals surface area contributed by atoms with Gasteiger partial charge in [0, 0.05) is 25.8 Å². The molecule has 0 spiro atoms. The second-order valence-corrected chi connectivity index (χ2v) is 5.11. The number of nitrogens with one attached hydrogen (secondary N) is 1. The monoisotopic (exact) mass is 346 g/mol. The number of carboxylic acid groups (broad SMARTS) is 1. The summed E-state index contributed by atoms with van der Waals surface area (Å²) in [7, 11) is 1.49. The van der Waals surface area contributed by atoms with E-state index in [-0.39, 0.29) is 35.9 Å². The summed E-state index contributed by atoms with van der Waals surface area (Å²) < 4.78 is 10.3. The number of aromatic carboxylic acids is 1. The number of anilines is 1. The highest BCUT2D eigenvalue weighted by molar-refractivity contribution is 5.93. The Balaban J connectivity index is 2.32. The van der Waals surface area contributed by atoms with E-state index in [1.165, 1.54) is 13.2 Å². The van der Waals surface area contributed by atoms with Crippen molar-refractivity contribution in [1.82, 2.24) is 0 Å². The fraction of sp³-hybridized carbons (Fsp3) is 0.235. The Morgan fingerprint density at radius 2 is 1.96 bits per heavy atom. The van der Waals surface area contributed by atoms with E-state index in [1.807, 2.05) is 30.3 Å². The van der Waals surface area contributed by atoms with Gasteiger partial charge in [-0.2, -0.15) is 0 Å². The first-order valence-electron chi connectivity index (χ1n) is 7.48. The predicted molar refractivity (Wildman–Crippen MR) is 91.2 cm³/mol. The molecule has 2 aromatic carbocycles. The van der Waals surface area contributed by atoms with Crippen LogP contribution in [0.1, 0.15) is 15.9 Å². The molecule has 8 heteroatoms. The van der Waals surface area contributed by atoms with Crippen LogP contribution in [0.25, 0.3) is 0 Å². The zero-order valence-corrected chi connectivity index (χ0v) is 13.6. The molecule has 0 aromatic heterocycles. The van der Waals surface area contributed by atoms with Crippen molar-refractivity contribution >= 4 is 17.3 Å². The molecule has 8 nitrogen and oxygen atoms in total. The Labute approximate surface area is 144 Å². The molecular weight excluding hydrogens is 328 g/mol. The fourth-order valence-corrected chi connectivity index (χ4v) is 2.18. The van der Waals surface area contributed by atoms with Crippen LogP contribution in [0.15, 0.2) is 42.5 Å². The van der Waals surface area contributed by atoms with Crippen LogP contribution in [0.4, 0.5) is 11.4 Å². The first-order chi connectivity index (χ1) is 12.0. The molecule has 0 aliphatic rings. The van der Waals surface area contributed by atoms with Gasteiger partial charge in [-0.15, -0.1) is 0 Å². The molecule has 0 amide bonds. The summed E-state index contributed by atoms with van der Waals surface area (Å²) in [5.74, 6) is -1.25. The smallest absolute Gasteiger partial charge is 0.339 e. The van der Waals surface area contributed by atoms with Crippen molar-refractivity contribution in [2.24, 2.45) is 0 Å². The van der Waals surface area contributed by atoms with Gasteiger partial charge in [-0.05, 0) is 5.56 Å². The third kappa shape index (κ3) is 4.92. The molecule has 132 valence electrons. The second-order valence-electron chi connectivity index (χ2n) is 5.11. The zero-order valence-electron chi connectivity index (χ0n) is 13.6. The molecule has 0 fully saturated rings. The third-order valence-electron chi connectivity index (χ3n) is 3.40. The van der Waals surface area contributed by atoms with Crippen LogP contribution >= 0.6 is 0 Å². The lowest BCUT2D eigenvalue weighted by Gasteiger charge is -2.13. The van der Waals surface area contributed by atoms with Crippen molar-refractivity contribution in [3.8, 4) is 5.75 Å². The van der Waals surface area contributed by atoms with Crippen molar-refractivity contribution in [3.63, 3.8) is 0 Å². The van der Waals surface area contributed by atoms with Gasteiger partial charge in [-0.3, -0.25) is 10.1 Å². The Kier molecular flexibility index (Phi) is 6.30. The SMILES string of the molecule is COCCOc1cc(NCc2ccccc2)c([N+](=O)[O-])cc1C(=O)O. The average molecular weight is 346 g/mol. The number of carbonyl (C=O) groups is 1. The largest absolute Gasteiger partial charge is 0.490 e. The number of carboxylic acids is 1. The molecule has 0 atom stereocenters. The molecule has 0 saturated heterocycles. The van der Waals surface area contributed by atoms with Crippen molar-refractivity contribution in [2.75, 3.05) is 25.6 Å². The van der Waals surface area contributed by atoms with E-state index in [4.69, 9.17) is 9.47 Å². The first-order valence-corrected chi connectivity index (χ1v) is 7.48. The topological polar surface area (TPSA) is 111 Å².